The van der Waals surface area contributed by atoms with Crippen molar-refractivity contribution < 1.29 is 4.79 Å². The number of aromatic nitrogens is 1. The zero-order valence-corrected chi connectivity index (χ0v) is 12.3. The molecule has 0 saturated carbocycles. The number of benzene rings is 1. The van der Waals surface area contributed by atoms with E-state index in [2.05, 4.69) is 15.6 Å². The van der Waals surface area contributed by atoms with E-state index in [1.54, 1.807) is 24.3 Å². The first-order valence-electron chi connectivity index (χ1n) is 5.35. The van der Waals surface area contributed by atoms with Crippen LogP contribution in [0.4, 0.5) is 5.13 Å². The van der Waals surface area contributed by atoms with E-state index >= 15 is 0 Å². The molecule has 1 aromatic heterocycles. The van der Waals surface area contributed by atoms with Crippen LogP contribution >= 0.6 is 35.2 Å². The summed E-state index contributed by atoms with van der Waals surface area (Å²) in [7, 11) is 0. The van der Waals surface area contributed by atoms with Gasteiger partial charge in [-0.2, -0.15) is 0 Å². The fraction of sp³-hybridized carbons (Fsp3) is 0.0833. The van der Waals surface area contributed by atoms with Crippen LogP contribution in [0.3, 0.4) is 0 Å². The Balaban J connectivity index is 1.99. The monoisotopic (exact) mass is 311 g/mol. The molecule has 19 heavy (non-hydrogen) atoms. The number of thiocarbonyl (C=S) groups is 1. The van der Waals surface area contributed by atoms with Crippen LogP contribution in [0.25, 0.3) is 0 Å². The van der Waals surface area contributed by atoms with Gasteiger partial charge in [-0.25, -0.2) is 4.98 Å². The van der Waals surface area contributed by atoms with Crippen molar-refractivity contribution in [1.82, 2.24) is 10.3 Å². The van der Waals surface area contributed by atoms with Gasteiger partial charge in [0.25, 0.3) is 5.91 Å². The summed E-state index contributed by atoms with van der Waals surface area (Å²) >= 11 is 12.4. The summed E-state index contributed by atoms with van der Waals surface area (Å²) in [6.45, 7) is 1.88. The van der Waals surface area contributed by atoms with Crippen molar-refractivity contribution in [2.24, 2.45) is 0 Å². The largest absolute Gasteiger partial charge is 0.308 e. The number of hydrogen-bond acceptors (Lipinski definition) is 4. The quantitative estimate of drug-likeness (QED) is 0.836. The lowest BCUT2D eigenvalue weighted by atomic mass is 10.2. The Morgan fingerprint density at radius 3 is 2.79 bits per heavy atom. The number of rotatable bonds is 2. The zero-order valence-electron chi connectivity index (χ0n) is 9.94. The number of thiazole rings is 1. The SMILES string of the molecule is Cc1csc(NC(=S)NC(=O)c2ccccc2Cl)n1. The van der Waals surface area contributed by atoms with Gasteiger partial charge in [-0.3, -0.25) is 10.1 Å². The molecule has 7 heteroatoms. The van der Waals surface area contributed by atoms with Gasteiger partial charge in [-0.15, -0.1) is 11.3 Å². The van der Waals surface area contributed by atoms with Gasteiger partial charge < -0.3 is 5.32 Å². The molecule has 1 aromatic carbocycles. The molecule has 2 N–H and O–H groups in total. The molecule has 0 bridgehead atoms. The van der Waals surface area contributed by atoms with E-state index in [4.69, 9.17) is 23.8 Å². The highest BCUT2D eigenvalue weighted by molar-refractivity contribution is 7.80. The van der Waals surface area contributed by atoms with E-state index in [9.17, 15) is 4.79 Å². The van der Waals surface area contributed by atoms with Crippen LogP contribution in [0, 0.1) is 6.92 Å². The Hall–Kier alpha value is -1.50. The minimum absolute atomic E-state index is 0.194. The maximum atomic E-state index is 11.9. The van der Waals surface area contributed by atoms with Gasteiger partial charge in [-0.05, 0) is 31.3 Å². The number of carbonyl (C=O) groups is 1. The van der Waals surface area contributed by atoms with Crippen molar-refractivity contribution in [2.45, 2.75) is 6.92 Å². The predicted octanol–water partition coefficient (Wildman–Crippen LogP) is 3.23. The summed E-state index contributed by atoms with van der Waals surface area (Å²) in [5.74, 6) is -0.351. The molecule has 0 saturated heterocycles. The second-order valence-electron chi connectivity index (χ2n) is 3.68. The Morgan fingerprint density at radius 2 is 2.16 bits per heavy atom. The second-order valence-corrected chi connectivity index (χ2v) is 5.36. The number of amides is 1. The number of nitrogens with zero attached hydrogens (tertiary/aromatic N) is 1. The highest BCUT2D eigenvalue weighted by Gasteiger charge is 2.11. The van der Waals surface area contributed by atoms with Gasteiger partial charge in [0.05, 0.1) is 16.3 Å². The average molecular weight is 312 g/mol. The van der Waals surface area contributed by atoms with Gasteiger partial charge in [-0.1, -0.05) is 23.7 Å². The van der Waals surface area contributed by atoms with Crippen LogP contribution in [0.2, 0.25) is 5.02 Å². The highest BCUT2D eigenvalue weighted by Crippen LogP contribution is 2.16. The molecule has 98 valence electrons. The van der Waals surface area contributed by atoms with Crippen molar-refractivity contribution in [2.75, 3.05) is 5.32 Å². The van der Waals surface area contributed by atoms with Gasteiger partial charge in [0, 0.05) is 5.38 Å². The second kappa shape index (κ2) is 6.10. The summed E-state index contributed by atoms with van der Waals surface area (Å²) in [6.07, 6.45) is 0. The number of nitrogens with one attached hydrogen (secondary N) is 2. The third-order valence-corrected chi connectivity index (χ3v) is 3.59. The summed E-state index contributed by atoms with van der Waals surface area (Å²) in [5.41, 5.74) is 1.27. The lowest BCUT2D eigenvalue weighted by molar-refractivity contribution is 0.0978. The Labute approximate surface area is 124 Å². The number of halogens is 1. The van der Waals surface area contributed by atoms with Gasteiger partial charge in [0.15, 0.2) is 10.2 Å². The number of carbonyl (C=O) groups excluding carboxylic acids is 1. The topological polar surface area (TPSA) is 54.0 Å². The molecule has 0 fully saturated rings. The fourth-order valence-electron chi connectivity index (χ4n) is 1.36. The number of anilines is 1. The van der Waals surface area contributed by atoms with E-state index in [0.717, 1.165) is 5.69 Å². The molecule has 1 amide bonds. The summed E-state index contributed by atoms with van der Waals surface area (Å²) in [4.78, 5) is 16.1. The molecule has 0 aliphatic heterocycles. The fourth-order valence-corrected chi connectivity index (χ4v) is 2.52. The van der Waals surface area contributed by atoms with Gasteiger partial charge in [0.2, 0.25) is 0 Å². The standard InChI is InChI=1S/C12H10ClN3OS2/c1-7-6-19-12(14-7)16-11(18)15-10(17)8-4-2-3-5-9(8)13/h2-6H,1H3,(H2,14,15,16,17,18). The molecule has 0 atom stereocenters. The van der Waals surface area contributed by atoms with Crippen molar-refractivity contribution in [3.63, 3.8) is 0 Å². The number of hydrogen-bond donors (Lipinski definition) is 2. The number of aryl methyl sites for hydroxylation is 1. The van der Waals surface area contributed by atoms with Crippen molar-refractivity contribution in [1.29, 1.82) is 0 Å². The Morgan fingerprint density at radius 1 is 1.42 bits per heavy atom. The van der Waals surface area contributed by atoms with E-state index in [-0.39, 0.29) is 11.0 Å². The first kappa shape index (κ1) is 13.9. The van der Waals surface area contributed by atoms with E-state index in [1.165, 1.54) is 11.3 Å². The minimum Gasteiger partial charge on any atom is -0.308 e. The predicted molar refractivity (Wildman–Crippen MR) is 82.0 cm³/mol. The van der Waals surface area contributed by atoms with Crippen LogP contribution in [-0.2, 0) is 0 Å². The highest BCUT2D eigenvalue weighted by atomic mass is 35.5. The lowest BCUT2D eigenvalue weighted by Crippen LogP contribution is -2.34. The van der Waals surface area contributed by atoms with E-state index < -0.39 is 0 Å². The smallest absolute Gasteiger partial charge is 0.258 e. The summed E-state index contributed by atoms with van der Waals surface area (Å²) in [5, 5.41) is 8.51. The molecule has 0 unspecified atom stereocenters. The average Bonchev–Trinajstić information content (AvgIpc) is 2.74. The first-order chi connectivity index (χ1) is 9.06. The minimum atomic E-state index is -0.351. The van der Waals surface area contributed by atoms with E-state index in [0.29, 0.717) is 15.7 Å². The van der Waals surface area contributed by atoms with E-state index in [1.807, 2.05) is 12.3 Å². The molecule has 0 radical (unpaired) electrons. The maximum absolute atomic E-state index is 11.9. The first-order valence-corrected chi connectivity index (χ1v) is 7.02. The summed E-state index contributed by atoms with van der Waals surface area (Å²) < 4.78 is 0. The molecule has 2 aromatic rings. The lowest BCUT2D eigenvalue weighted by Gasteiger charge is -2.08. The van der Waals surface area contributed by atoms with Gasteiger partial charge >= 0.3 is 0 Å². The van der Waals surface area contributed by atoms with Crippen molar-refractivity contribution >= 4 is 51.3 Å². The van der Waals surface area contributed by atoms with Crippen LogP contribution in [0.1, 0.15) is 16.1 Å². The molecule has 1 heterocycles. The zero-order chi connectivity index (χ0) is 13.8. The maximum Gasteiger partial charge on any atom is 0.258 e. The molecule has 2 rings (SSSR count). The summed E-state index contributed by atoms with van der Waals surface area (Å²) in [6, 6.07) is 6.78. The third kappa shape index (κ3) is 3.73. The molecule has 4 nitrogen and oxygen atoms in total. The van der Waals surface area contributed by atoms with Crippen LogP contribution in [-0.4, -0.2) is 16.0 Å². The normalized spacial score (nSPS) is 10.0. The van der Waals surface area contributed by atoms with Crippen LogP contribution in [0.5, 0.6) is 0 Å². The molecular weight excluding hydrogens is 302 g/mol. The molecule has 0 aliphatic carbocycles. The van der Waals surface area contributed by atoms with Crippen LogP contribution in [0.15, 0.2) is 29.6 Å². The Kier molecular flexibility index (Phi) is 4.47. The molecule has 0 spiro atoms. The molecule has 0 aliphatic rings. The molecular formula is C12H10ClN3OS2. The van der Waals surface area contributed by atoms with Gasteiger partial charge in [0.1, 0.15) is 0 Å². The Bertz CT molecular complexity index is 627. The van der Waals surface area contributed by atoms with Crippen molar-refractivity contribution in [3.8, 4) is 0 Å². The van der Waals surface area contributed by atoms with Crippen molar-refractivity contribution in [3.05, 3.63) is 45.9 Å². The van der Waals surface area contributed by atoms with Crippen LogP contribution < -0.4 is 10.6 Å². The third-order valence-electron chi connectivity index (χ3n) is 2.19.